The van der Waals surface area contributed by atoms with Crippen LogP contribution in [0.2, 0.25) is 0 Å². The maximum atomic E-state index is 12.1. The molecule has 0 atom stereocenters. The average molecular weight is 323 g/mol. The molecule has 0 unspecified atom stereocenters. The van der Waals surface area contributed by atoms with Crippen molar-refractivity contribution in [1.29, 1.82) is 0 Å². The largest absolute Gasteiger partial charge is 0.396 e. The Bertz CT molecular complexity index is 621. The Labute approximate surface area is 119 Å². The number of aromatic nitrogens is 2. The van der Waals surface area contributed by atoms with Crippen LogP contribution in [0.4, 0.5) is 11.4 Å². The van der Waals surface area contributed by atoms with E-state index in [4.69, 9.17) is 5.73 Å². The Morgan fingerprint density at radius 2 is 2.26 bits per heavy atom. The minimum absolute atomic E-state index is 0.252. The Morgan fingerprint density at radius 3 is 2.84 bits per heavy atom. The van der Waals surface area contributed by atoms with E-state index in [0.29, 0.717) is 12.2 Å². The molecule has 1 aromatic carbocycles. The molecule has 3 N–H and O–H groups in total. The fourth-order valence-electron chi connectivity index (χ4n) is 1.69. The summed E-state index contributed by atoms with van der Waals surface area (Å²) in [4.78, 5) is 12.1. The van der Waals surface area contributed by atoms with Crippen molar-refractivity contribution >= 4 is 33.2 Å². The van der Waals surface area contributed by atoms with Crippen molar-refractivity contribution in [3.63, 3.8) is 0 Å². The van der Waals surface area contributed by atoms with Crippen molar-refractivity contribution < 1.29 is 4.79 Å². The molecule has 0 saturated carbocycles. The number of nitrogens with zero attached hydrogens (tertiary/aromatic N) is 2. The lowest BCUT2D eigenvalue weighted by Crippen LogP contribution is -2.14. The number of hydrogen-bond donors (Lipinski definition) is 2. The zero-order valence-corrected chi connectivity index (χ0v) is 12.4. The zero-order chi connectivity index (χ0) is 14.0. The van der Waals surface area contributed by atoms with Crippen molar-refractivity contribution in [2.24, 2.45) is 0 Å². The minimum Gasteiger partial charge on any atom is -0.396 e. The maximum Gasteiger partial charge on any atom is 0.278 e. The van der Waals surface area contributed by atoms with E-state index in [2.05, 4.69) is 26.3 Å². The maximum absolute atomic E-state index is 12.1. The lowest BCUT2D eigenvalue weighted by atomic mass is 10.2. The van der Waals surface area contributed by atoms with Gasteiger partial charge >= 0.3 is 0 Å². The molecule has 6 heteroatoms. The summed E-state index contributed by atoms with van der Waals surface area (Å²) < 4.78 is 2.64. The predicted octanol–water partition coefficient (Wildman–Crippen LogP) is 2.81. The van der Waals surface area contributed by atoms with Crippen molar-refractivity contribution in [1.82, 2.24) is 9.78 Å². The highest BCUT2D eigenvalue weighted by Gasteiger charge is 2.14. The molecule has 0 aliphatic heterocycles. The Balaban J connectivity index is 2.20. The number of nitrogen functional groups attached to an aromatic ring is 1. The van der Waals surface area contributed by atoms with Gasteiger partial charge in [0, 0.05) is 22.9 Å². The van der Waals surface area contributed by atoms with Gasteiger partial charge in [0.2, 0.25) is 0 Å². The van der Waals surface area contributed by atoms with Crippen LogP contribution in [-0.4, -0.2) is 15.7 Å². The normalized spacial score (nSPS) is 10.5. The van der Waals surface area contributed by atoms with Gasteiger partial charge in [-0.05, 0) is 37.6 Å². The number of benzene rings is 1. The van der Waals surface area contributed by atoms with Gasteiger partial charge in [-0.2, -0.15) is 5.10 Å². The van der Waals surface area contributed by atoms with E-state index in [1.54, 1.807) is 10.9 Å². The van der Waals surface area contributed by atoms with Gasteiger partial charge in [-0.3, -0.25) is 9.48 Å². The number of amides is 1. The predicted molar refractivity (Wildman–Crippen MR) is 79.1 cm³/mol. The van der Waals surface area contributed by atoms with Crippen LogP contribution in [0.3, 0.4) is 0 Å². The van der Waals surface area contributed by atoms with E-state index in [-0.39, 0.29) is 11.6 Å². The number of anilines is 2. The molecule has 19 heavy (non-hydrogen) atoms. The summed E-state index contributed by atoms with van der Waals surface area (Å²) in [5.41, 5.74) is 8.17. The first kappa shape index (κ1) is 13.6. The standard InChI is InChI=1S/C13H15BrN4O/c1-3-18-7-11(15)12(17-18)13(19)16-9-4-5-10(14)8(2)6-9/h4-7H,3,15H2,1-2H3,(H,16,19). The van der Waals surface area contributed by atoms with Crippen molar-refractivity contribution in [2.75, 3.05) is 11.1 Å². The molecule has 1 aromatic heterocycles. The quantitative estimate of drug-likeness (QED) is 0.912. The van der Waals surface area contributed by atoms with Gasteiger partial charge in [-0.1, -0.05) is 15.9 Å². The van der Waals surface area contributed by atoms with Crippen molar-refractivity contribution in [3.05, 3.63) is 40.1 Å². The van der Waals surface area contributed by atoms with Gasteiger partial charge in [0.15, 0.2) is 5.69 Å². The number of halogens is 1. The number of carbonyl (C=O) groups is 1. The number of nitrogens with two attached hydrogens (primary N) is 1. The van der Waals surface area contributed by atoms with E-state index in [1.807, 2.05) is 32.0 Å². The molecule has 2 rings (SSSR count). The summed E-state index contributed by atoms with van der Waals surface area (Å²) in [5.74, 6) is -0.300. The Hall–Kier alpha value is -1.82. The first-order valence-electron chi connectivity index (χ1n) is 5.91. The van der Waals surface area contributed by atoms with E-state index in [1.165, 1.54) is 0 Å². The second-order valence-electron chi connectivity index (χ2n) is 4.21. The van der Waals surface area contributed by atoms with E-state index < -0.39 is 0 Å². The van der Waals surface area contributed by atoms with Crippen LogP contribution in [0.25, 0.3) is 0 Å². The van der Waals surface area contributed by atoms with Crippen LogP contribution < -0.4 is 11.1 Å². The SMILES string of the molecule is CCn1cc(N)c(C(=O)Nc2ccc(Br)c(C)c2)n1. The third-order valence-electron chi connectivity index (χ3n) is 2.74. The van der Waals surface area contributed by atoms with Crippen LogP contribution in [0.5, 0.6) is 0 Å². The monoisotopic (exact) mass is 322 g/mol. The molecule has 0 aliphatic rings. The average Bonchev–Trinajstić information content (AvgIpc) is 2.75. The molecule has 0 radical (unpaired) electrons. The van der Waals surface area contributed by atoms with Gasteiger partial charge in [-0.15, -0.1) is 0 Å². The number of nitrogens with one attached hydrogen (secondary N) is 1. The summed E-state index contributed by atoms with van der Waals surface area (Å²) in [5, 5.41) is 6.92. The third kappa shape index (κ3) is 2.96. The second-order valence-corrected chi connectivity index (χ2v) is 5.06. The number of carbonyl (C=O) groups excluding carboxylic acids is 1. The fourth-order valence-corrected chi connectivity index (χ4v) is 1.93. The van der Waals surface area contributed by atoms with Gasteiger partial charge in [0.05, 0.1) is 5.69 Å². The molecule has 0 aliphatic carbocycles. The van der Waals surface area contributed by atoms with E-state index in [0.717, 1.165) is 15.7 Å². The molecule has 0 spiro atoms. The number of rotatable bonds is 3. The molecule has 1 heterocycles. The van der Waals surface area contributed by atoms with Gasteiger partial charge in [0.1, 0.15) is 0 Å². The highest BCUT2D eigenvalue weighted by atomic mass is 79.9. The van der Waals surface area contributed by atoms with Crippen LogP contribution >= 0.6 is 15.9 Å². The molecular weight excluding hydrogens is 308 g/mol. The van der Waals surface area contributed by atoms with Gasteiger partial charge < -0.3 is 11.1 Å². The topological polar surface area (TPSA) is 72.9 Å². The van der Waals surface area contributed by atoms with Gasteiger partial charge in [0.25, 0.3) is 5.91 Å². The lowest BCUT2D eigenvalue weighted by Gasteiger charge is -2.06. The van der Waals surface area contributed by atoms with Crippen LogP contribution in [-0.2, 0) is 6.54 Å². The molecule has 2 aromatic rings. The first-order valence-corrected chi connectivity index (χ1v) is 6.71. The minimum atomic E-state index is -0.300. The molecule has 0 fully saturated rings. The van der Waals surface area contributed by atoms with Crippen LogP contribution in [0, 0.1) is 6.92 Å². The molecule has 0 saturated heterocycles. The van der Waals surface area contributed by atoms with Crippen molar-refractivity contribution in [3.8, 4) is 0 Å². The third-order valence-corrected chi connectivity index (χ3v) is 3.63. The highest BCUT2D eigenvalue weighted by Crippen LogP contribution is 2.21. The summed E-state index contributed by atoms with van der Waals surface area (Å²) in [7, 11) is 0. The first-order chi connectivity index (χ1) is 9.01. The fraction of sp³-hybridized carbons (Fsp3) is 0.231. The lowest BCUT2D eigenvalue weighted by molar-refractivity contribution is 0.102. The van der Waals surface area contributed by atoms with Crippen LogP contribution in [0.15, 0.2) is 28.9 Å². The Kier molecular flexibility index (Phi) is 3.90. The van der Waals surface area contributed by atoms with E-state index in [9.17, 15) is 4.79 Å². The van der Waals surface area contributed by atoms with E-state index >= 15 is 0 Å². The summed E-state index contributed by atoms with van der Waals surface area (Å²) in [6.07, 6.45) is 1.65. The van der Waals surface area contributed by atoms with Crippen molar-refractivity contribution in [2.45, 2.75) is 20.4 Å². The van der Waals surface area contributed by atoms with Gasteiger partial charge in [-0.25, -0.2) is 0 Å². The zero-order valence-electron chi connectivity index (χ0n) is 10.8. The molecular formula is C13H15BrN4O. The summed E-state index contributed by atoms with van der Waals surface area (Å²) in [6.45, 7) is 4.57. The second kappa shape index (κ2) is 5.44. The molecule has 5 nitrogen and oxygen atoms in total. The molecule has 100 valence electrons. The Morgan fingerprint density at radius 1 is 1.53 bits per heavy atom. The summed E-state index contributed by atoms with van der Waals surface area (Å²) in [6, 6.07) is 5.59. The van der Waals surface area contributed by atoms with Crippen LogP contribution in [0.1, 0.15) is 23.0 Å². The molecule has 0 bridgehead atoms. The smallest absolute Gasteiger partial charge is 0.278 e. The number of hydrogen-bond acceptors (Lipinski definition) is 3. The molecule has 1 amide bonds. The number of aryl methyl sites for hydroxylation is 2. The summed E-state index contributed by atoms with van der Waals surface area (Å²) >= 11 is 3.42. The highest BCUT2D eigenvalue weighted by molar-refractivity contribution is 9.10.